The standard InChI is InChI=1S/C14H22FNOS/c1-14(2,3)18-13-6-5-12(15)9-11(13)10-16-7-8-17-4/h5-6,9,16H,7-8,10H2,1-4H3. The third-order valence-electron chi connectivity index (χ3n) is 2.24. The molecule has 0 fully saturated rings. The van der Waals surface area contributed by atoms with Crippen LogP contribution >= 0.6 is 11.8 Å². The monoisotopic (exact) mass is 271 g/mol. The first-order chi connectivity index (χ1) is 8.42. The number of benzene rings is 1. The van der Waals surface area contributed by atoms with Gasteiger partial charge in [-0.1, -0.05) is 20.8 Å². The Bertz CT molecular complexity index is 377. The first-order valence-electron chi connectivity index (χ1n) is 6.09. The third kappa shape index (κ3) is 5.85. The smallest absolute Gasteiger partial charge is 0.123 e. The lowest BCUT2D eigenvalue weighted by molar-refractivity contribution is 0.199. The van der Waals surface area contributed by atoms with Gasteiger partial charge < -0.3 is 10.1 Å². The van der Waals surface area contributed by atoms with Crippen molar-refractivity contribution in [2.75, 3.05) is 20.3 Å². The third-order valence-corrected chi connectivity index (χ3v) is 3.47. The molecule has 0 aliphatic carbocycles. The fourth-order valence-corrected chi connectivity index (χ4v) is 2.57. The molecule has 1 aromatic rings. The van der Waals surface area contributed by atoms with Gasteiger partial charge in [0.1, 0.15) is 5.82 Å². The summed E-state index contributed by atoms with van der Waals surface area (Å²) in [6, 6.07) is 4.99. The van der Waals surface area contributed by atoms with Crippen molar-refractivity contribution in [3.05, 3.63) is 29.6 Å². The Hall–Kier alpha value is -0.580. The van der Waals surface area contributed by atoms with E-state index >= 15 is 0 Å². The molecule has 0 radical (unpaired) electrons. The van der Waals surface area contributed by atoms with Crippen LogP contribution in [-0.4, -0.2) is 25.0 Å². The maximum Gasteiger partial charge on any atom is 0.123 e. The molecule has 0 atom stereocenters. The van der Waals surface area contributed by atoms with E-state index in [4.69, 9.17) is 4.74 Å². The molecule has 0 amide bonds. The number of hydrogen-bond acceptors (Lipinski definition) is 3. The zero-order valence-corrected chi connectivity index (χ0v) is 12.4. The fourth-order valence-electron chi connectivity index (χ4n) is 1.51. The van der Waals surface area contributed by atoms with Gasteiger partial charge in [-0.2, -0.15) is 0 Å². The summed E-state index contributed by atoms with van der Waals surface area (Å²) in [6.07, 6.45) is 0. The van der Waals surface area contributed by atoms with Crippen LogP contribution < -0.4 is 5.32 Å². The lowest BCUT2D eigenvalue weighted by Gasteiger charge is -2.20. The maximum atomic E-state index is 13.3. The van der Waals surface area contributed by atoms with E-state index in [1.807, 2.05) is 6.07 Å². The largest absolute Gasteiger partial charge is 0.383 e. The molecule has 4 heteroatoms. The minimum Gasteiger partial charge on any atom is -0.383 e. The summed E-state index contributed by atoms with van der Waals surface area (Å²) in [5.41, 5.74) is 1.01. The second-order valence-electron chi connectivity index (χ2n) is 5.14. The second kappa shape index (κ2) is 7.12. The summed E-state index contributed by atoms with van der Waals surface area (Å²) in [5, 5.41) is 3.25. The van der Waals surface area contributed by atoms with Crippen LogP contribution in [0.15, 0.2) is 23.1 Å². The molecule has 0 aromatic heterocycles. The maximum absolute atomic E-state index is 13.3. The van der Waals surface area contributed by atoms with Gasteiger partial charge in [0.05, 0.1) is 6.61 Å². The minimum absolute atomic E-state index is 0.124. The number of ether oxygens (including phenoxy) is 1. The summed E-state index contributed by atoms with van der Waals surface area (Å²) in [4.78, 5) is 1.13. The fraction of sp³-hybridized carbons (Fsp3) is 0.571. The van der Waals surface area contributed by atoms with E-state index in [0.29, 0.717) is 13.2 Å². The Morgan fingerprint density at radius 1 is 1.33 bits per heavy atom. The molecular weight excluding hydrogens is 249 g/mol. The van der Waals surface area contributed by atoms with Crippen molar-refractivity contribution in [3.63, 3.8) is 0 Å². The van der Waals surface area contributed by atoms with E-state index in [0.717, 1.165) is 17.0 Å². The summed E-state index contributed by atoms with van der Waals surface area (Å²) >= 11 is 1.76. The highest BCUT2D eigenvalue weighted by Crippen LogP contribution is 2.34. The molecule has 0 unspecified atom stereocenters. The lowest BCUT2D eigenvalue weighted by Crippen LogP contribution is -2.19. The molecule has 0 aliphatic heterocycles. The van der Waals surface area contributed by atoms with Crippen molar-refractivity contribution in [1.29, 1.82) is 0 Å². The quantitative estimate of drug-likeness (QED) is 0.632. The first kappa shape index (κ1) is 15.5. The van der Waals surface area contributed by atoms with E-state index in [9.17, 15) is 4.39 Å². The zero-order valence-electron chi connectivity index (χ0n) is 11.5. The SMILES string of the molecule is COCCNCc1cc(F)ccc1SC(C)(C)C. The Morgan fingerprint density at radius 2 is 2.06 bits per heavy atom. The Kier molecular flexibility index (Phi) is 6.12. The molecule has 1 N–H and O–H groups in total. The second-order valence-corrected chi connectivity index (χ2v) is 7.00. The van der Waals surface area contributed by atoms with Gasteiger partial charge in [0.15, 0.2) is 0 Å². The minimum atomic E-state index is -0.184. The van der Waals surface area contributed by atoms with Gasteiger partial charge in [-0.3, -0.25) is 0 Å². The Balaban J connectivity index is 2.71. The van der Waals surface area contributed by atoms with E-state index in [1.54, 1.807) is 24.9 Å². The number of thioether (sulfide) groups is 1. The van der Waals surface area contributed by atoms with Crippen LogP contribution in [-0.2, 0) is 11.3 Å². The molecule has 0 heterocycles. The molecule has 0 aliphatic rings. The van der Waals surface area contributed by atoms with Crippen LogP contribution in [0.3, 0.4) is 0 Å². The number of halogens is 1. The van der Waals surface area contributed by atoms with Gasteiger partial charge in [-0.25, -0.2) is 4.39 Å². The van der Waals surface area contributed by atoms with E-state index in [2.05, 4.69) is 26.1 Å². The zero-order chi connectivity index (χ0) is 13.6. The topological polar surface area (TPSA) is 21.3 Å². The molecule has 0 spiro atoms. The van der Waals surface area contributed by atoms with Crippen LogP contribution in [0.2, 0.25) is 0 Å². The number of methoxy groups -OCH3 is 1. The van der Waals surface area contributed by atoms with Gasteiger partial charge in [-0.05, 0) is 23.8 Å². The van der Waals surface area contributed by atoms with Crippen molar-refractivity contribution in [2.45, 2.75) is 37.0 Å². The molecular formula is C14H22FNOS. The molecule has 0 bridgehead atoms. The van der Waals surface area contributed by atoms with Crippen LogP contribution in [0.1, 0.15) is 26.3 Å². The first-order valence-corrected chi connectivity index (χ1v) is 6.91. The van der Waals surface area contributed by atoms with E-state index in [-0.39, 0.29) is 10.6 Å². The molecule has 0 saturated heterocycles. The molecule has 18 heavy (non-hydrogen) atoms. The molecule has 0 saturated carbocycles. The normalized spacial score (nSPS) is 11.8. The summed E-state index contributed by atoms with van der Waals surface area (Å²) < 4.78 is 18.4. The van der Waals surface area contributed by atoms with Gasteiger partial charge in [-0.15, -0.1) is 11.8 Å². The average Bonchev–Trinajstić information content (AvgIpc) is 2.26. The number of nitrogens with one attached hydrogen (secondary N) is 1. The van der Waals surface area contributed by atoms with Crippen LogP contribution in [0.5, 0.6) is 0 Å². The van der Waals surface area contributed by atoms with Crippen molar-refractivity contribution < 1.29 is 9.13 Å². The van der Waals surface area contributed by atoms with Crippen molar-refractivity contribution in [1.82, 2.24) is 5.32 Å². The Morgan fingerprint density at radius 3 is 2.67 bits per heavy atom. The van der Waals surface area contributed by atoms with E-state index < -0.39 is 0 Å². The van der Waals surface area contributed by atoms with Gasteiger partial charge in [0.2, 0.25) is 0 Å². The van der Waals surface area contributed by atoms with Crippen LogP contribution in [0.4, 0.5) is 4.39 Å². The summed E-state index contributed by atoms with van der Waals surface area (Å²) in [6.45, 7) is 8.57. The van der Waals surface area contributed by atoms with Crippen LogP contribution in [0, 0.1) is 5.82 Å². The van der Waals surface area contributed by atoms with Crippen molar-refractivity contribution >= 4 is 11.8 Å². The van der Waals surface area contributed by atoms with Crippen LogP contribution in [0.25, 0.3) is 0 Å². The summed E-state index contributed by atoms with van der Waals surface area (Å²) in [7, 11) is 1.67. The predicted octanol–water partition coefficient (Wildman–Crippen LogP) is 3.45. The molecule has 102 valence electrons. The highest BCUT2D eigenvalue weighted by molar-refractivity contribution is 8.00. The van der Waals surface area contributed by atoms with Crippen molar-refractivity contribution in [3.8, 4) is 0 Å². The number of rotatable bonds is 6. The average molecular weight is 271 g/mol. The molecule has 1 aromatic carbocycles. The van der Waals surface area contributed by atoms with Crippen molar-refractivity contribution in [2.24, 2.45) is 0 Å². The highest BCUT2D eigenvalue weighted by Gasteiger charge is 2.15. The van der Waals surface area contributed by atoms with Gasteiger partial charge in [0, 0.05) is 29.8 Å². The predicted molar refractivity (Wildman–Crippen MR) is 75.6 cm³/mol. The molecule has 1 rings (SSSR count). The number of hydrogen-bond donors (Lipinski definition) is 1. The lowest BCUT2D eigenvalue weighted by atomic mass is 10.2. The Labute approximate surface area is 113 Å². The van der Waals surface area contributed by atoms with E-state index in [1.165, 1.54) is 6.07 Å². The van der Waals surface area contributed by atoms with Gasteiger partial charge >= 0.3 is 0 Å². The highest BCUT2D eigenvalue weighted by atomic mass is 32.2. The van der Waals surface area contributed by atoms with Gasteiger partial charge in [0.25, 0.3) is 0 Å². The summed E-state index contributed by atoms with van der Waals surface area (Å²) in [5.74, 6) is -0.184. The molecule has 2 nitrogen and oxygen atoms in total.